The summed E-state index contributed by atoms with van der Waals surface area (Å²) in [4.78, 5) is 1.74. The van der Waals surface area contributed by atoms with Crippen molar-refractivity contribution in [3.8, 4) is 0 Å². The molecule has 1 nitrogen and oxygen atoms in total. The molecule has 9 heavy (non-hydrogen) atoms. The molecule has 0 radical (unpaired) electrons. The molecule has 0 amide bonds. The van der Waals surface area contributed by atoms with E-state index in [9.17, 15) is 0 Å². The first-order chi connectivity index (χ1) is 5.67. The molecule has 0 spiro atoms. The summed E-state index contributed by atoms with van der Waals surface area (Å²) >= 11 is 0. The van der Waals surface area contributed by atoms with Gasteiger partial charge >= 0.3 is 0 Å². The van der Waals surface area contributed by atoms with Gasteiger partial charge in [0.2, 0.25) is 0 Å². The summed E-state index contributed by atoms with van der Waals surface area (Å²) in [5, 5.41) is 0. The average Bonchev–Trinajstić information content (AvgIpc) is 2.12. The lowest BCUT2D eigenvalue weighted by Gasteiger charge is -2.31. The molecule has 0 N–H and O–H groups in total. The Labute approximate surface area is 63.7 Å². The maximum absolute atomic E-state index is 7.71. The smallest absolute Gasteiger partial charge is 0.0431 e. The third kappa shape index (κ3) is 1.68. The monoisotopic (exact) mass is 131 g/mol. The summed E-state index contributed by atoms with van der Waals surface area (Å²) in [5.41, 5.74) is -0.227. The van der Waals surface area contributed by atoms with Gasteiger partial charge in [-0.25, -0.2) is 0 Å². The Morgan fingerprint density at radius 1 is 1.44 bits per heavy atom. The Balaban J connectivity index is 2.86. The number of hydrogen-bond donors (Lipinski definition) is 0. The van der Waals surface area contributed by atoms with Crippen LogP contribution in [0.2, 0.25) is 0 Å². The van der Waals surface area contributed by atoms with E-state index in [0.717, 1.165) is 0 Å². The Bertz CT molecular complexity index is 199. The van der Waals surface area contributed by atoms with Crippen LogP contribution in [0.1, 0.15) is 39.0 Å². The van der Waals surface area contributed by atoms with Crippen molar-refractivity contribution in [2.24, 2.45) is 0 Å². The molecule has 2 unspecified atom stereocenters. The molecule has 0 bridgehead atoms. The Hall–Kier alpha value is -0.0400. The highest BCUT2D eigenvalue weighted by atomic mass is 15.2. The van der Waals surface area contributed by atoms with Crippen molar-refractivity contribution in [2.45, 2.75) is 39.1 Å². The van der Waals surface area contributed by atoms with Crippen LogP contribution in [0.3, 0.4) is 0 Å². The first kappa shape index (κ1) is 3.38. The summed E-state index contributed by atoms with van der Waals surface area (Å²) in [6.45, 7) is 5.29. The lowest BCUT2D eigenvalue weighted by molar-refractivity contribution is 0.175. The molecular weight excluding hydrogens is 110 g/mol. The largest absolute Gasteiger partial charge is 0.298 e. The Morgan fingerprint density at radius 3 is 2.33 bits per heavy atom. The van der Waals surface area contributed by atoms with Crippen molar-refractivity contribution >= 4 is 0 Å². The van der Waals surface area contributed by atoms with E-state index in [-0.39, 0.29) is 5.54 Å². The van der Waals surface area contributed by atoms with Crippen molar-refractivity contribution in [2.75, 3.05) is 13.1 Å². The van der Waals surface area contributed by atoms with Crippen molar-refractivity contribution in [3.05, 3.63) is 0 Å². The standard InChI is InChI=1S/C8H17N/c1-8(2,3)9-6-4-5-7-9/h4-7H2,1-3H3/i4D,5D2,7D. The van der Waals surface area contributed by atoms with Crippen LogP contribution in [-0.2, 0) is 0 Å². The minimum absolute atomic E-state index is 0.227. The number of nitrogens with zero attached hydrogens (tertiary/aromatic N) is 1. The second-order valence-electron chi connectivity index (χ2n) is 3.32. The molecule has 1 aliphatic heterocycles. The molecule has 2 atom stereocenters. The molecule has 0 aromatic rings. The summed E-state index contributed by atoms with van der Waals surface area (Å²) in [6.07, 6.45) is -2.50. The predicted molar refractivity (Wildman–Crippen MR) is 40.6 cm³/mol. The van der Waals surface area contributed by atoms with E-state index in [2.05, 4.69) is 0 Å². The van der Waals surface area contributed by atoms with Gasteiger partial charge < -0.3 is 0 Å². The van der Waals surface area contributed by atoms with E-state index in [4.69, 9.17) is 5.48 Å². The Kier molecular flexibility index (Phi) is 0.862. The minimum atomic E-state index is -1.70. The molecule has 0 aromatic heterocycles. The van der Waals surface area contributed by atoms with Gasteiger partial charge in [0.1, 0.15) is 0 Å². The summed E-state index contributed by atoms with van der Waals surface area (Å²) in [7, 11) is 0. The second kappa shape index (κ2) is 2.30. The van der Waals surface area contributed by atoms with E-state index in [1.54, 1.807) is 4.90 Å². The van der Waals surface area contributed by atoms with Gasteiger partial charge in [-0.2, -0.15) is 0 Å². The Morgan fingerprint density at radius 2 is 2.11 bits per heavy atom. The number of hydrogen-bond acceptors (Lipinski definition) is 1. The zero-order chi connectivity index (χ0) is 10.4. The van der Waals surface area contributed by atoms with E-state index in [1.807, 2.05) is 20.8 Å². The molecule has 0 saturated carbocycles. The van der Waals surface area contributed by atoms with E-state index in [1.165, 1.54) is 0 Å². The van der Waals surface area contributed by atoms with E-state index < -0.39 is 19.3 Å². The average molecular weight is 131 g/mol. The van der Waals surface area contributed by atoms with Gasteiger partial charge in [0.15, 0.2) is 0 Å². The van der Waals surface area contributed by atoms with Crippen LogP contribution in [0.4, 0.5) is 0 Å². The fourth-order valence-electron chi connectivity index (χ4n) is 0.814. The van der Waals surface area contributed by atoms with Gasteiger partial charge in [-0.15, -0.1) is 0 Å². The lowest BCUT2D eigenvalue weighted by atomic mass is 10.1. The van der Waals surface area contributed by atoms with Gasteiger partial charge in [-0.3, -0.25) is 4.90 Å². The molecule has 1 saturated heterocycles. The lowest BCUT2D eigenvalue weighted by Crippen LogP contribution is -2.38. The molecule has 1 aliphatic rings. The quantitative estimate of drug-likeness (QED) is 0.485. The molecule has 1 fully saturated rings. The number of rotatable bonds is 0. The maximum Gasteiger partial charge on any atom is 0.0431 e. The molecule has 1 heterocycles. The van der Waals surface area contributed by atoms with E-state index >= 15 is 0 Å². The zero-order valence-corrected chi connectivity index (χ0v) is 6.31. The van der Waals surface area contributed by atoms with Crippen LogP contribution in [0.15, 0.2) is 0 Å². The highest BCUT2D eigenvalue weighted by molar-refractivity contribution is 4.79. The van der Waals surface area contributed by atoms with Crippen LogP contribution >= 0.6 is 0 Å². The molecule has 0 aromatic carbocycles. The third-order valence-electron chi connectivity index (χ3n) is 1.50. The van der Waals surface area contributed by atoms with Crippen LogP contribution in [-0.4, -0.2) is 23.5 Å². The van der Waals surface area contributed by atoms with E-state index in [0.29, 0.717) is 6.54 Å². The van der Waals surface area contributed by atoms with Crippen LogP contribution in [0.5, 0.6) is 0 Å². The maximum atomic E-state index is 7.71. The topological polar surface area (TPSA) is 3.24 Å². The predicted octanol–water partition coefficient (Wildman–Crippen LogP) is 1.88. The van der Waals surface area contributed by atoms with Crippen molar-refractivity contribution in [1.82, 2.24) is 4.90 Å². The van der Waals surface area contributed by atoms with Crippen molar-refractivity contribution in [1.29, 1.82) is 0 Å². The van der Waals surface area contributed by atoms with Gasteiger partial charge in [0.25, 0.3) is 0 Å². The highest BCUT2D eigenvalue weighted by Crippen LogP contribution is 2.19. The fraction of sp³-hybridized carbons (Fsp3) is 1.00. The normalized spacial score (nSPS) is 51.4. The number of likely N-dealkylation sites (tertiary alicyclic amines) is 1. The van der Waals surface area contributed by atoms with Gasteiger partial charge in [-0.05, 0) is 46.6 Å². The van der Waals surface area contributed by atoms with Crippen molar-refractivity contribution < 1.29 is 5.48 Å². The molecule has 54 valence electrons. The molecule has 1 rings (SSSR count). The first-order valence-corrected chi connectivity index (χ1v) is 3.28. The fourth-order valence-corrected chi connectivity index (χ4v) is 0.814. The van der Waals surface area contributed by atoms with Gasteiger partial charge in [0.05, 0.1) is 0 Å². The summed E-state index contributed by atoms with van der Waals surface area (Å²) in [6, 6.07) is 0. The molecule has 0 aliphatic carbocycles. The minimum Gasteiger partial charge on any atom is -0.298 e. The SMILES string of the molecule is [2H]C1CN(C(C)(C)C)C([2H])C1([2H])[2H]. The second-order valence-corrected chi connectivity index (χ2v) is 3.32. The van der Waals surface area contributed by atoms with Crippen LogP contribution in [0, 0.1) is 0 Å². The zero-order valence-electron chi connectivity index (χ0n) is 10.3. The third-order valence-corrected chi connectivity index (χ3v) is 1.50. The first-order valence-electron chi connectivity index (χ1n) is 5.44. The summed E-state index contributed by atoms with van der Waals surface area (Å²) in [5.74, 6) is 0. The van der Waals surface area contributed by atoms with Gasteiger partial charge in [-0.1, -0.05) is 0 Å². The van der Waals surface area contributed by atoms with Crippen molar-refractivity contribution in [3.63, 3.8) is 0 Å². The molecular formula is C8H17N. The van der Waals surface area contributed by atoms with Gasteiger partial charge in [0, 0.05) is 11.0 Å². The summed E-state index contributed by atoms with van der Waals surface area (Å²) < 4.78 is 30.4. The highest BCUT2D eigenvalue weighted by Gasteiger charge is 2.23. The molecule has 1 heteroatoms. The van der Waals surface area contributed by atoms with Crippen LogP contribution < -0.4 is 0 Å². The van der Waals surface area contributed by atoms with Crippen LogP contribution in [0.25, 0.3) is 0 Å².